The first-order valence-corrected chi connectivity index (χ1v) is 10.5. The summed E-state index contributed by atoms with van der Waals surface area (Å²) >= 11 is 5.93. The number of nitrogens with zero attached hydrogens (tertiary/aromatic N) is 1. The Balaban J connectivity index is 2.16. The molecule has 1 N–H and O–H groups in total. The highest BCUT2D eigenvalue weighted by molar-refractivity contribution is 7.90. The summed E-state index contributed by atoms with van der Waals surface area (Å²) in [6.45, 7) is 0.356. The van der Waals surface area contributed by atoms with Crippen molar-refractivity contribution in [3.8, 4) is 5.75 Å². The van der Waals surface area contributed by atoms with Gasteiger partial charge in [0.2, 0.25) is 0 Å². The number of likely N-dealkylation sites (N-methyl/N-ethyl adjacent to an activating group) is 1. The molecule has 0 aliphatic carbocycles. The Morgan fingerprint density at radius 1 is 1.19 bits per heavy atom. The lowest BCUT2D eigenvalue weighted by Crippen LogP contribution is -2.34. The van der Waals surface area contributed by atoms with Crippen LogP contribution >= 0.6 is 11.6 Å². The SMILES string of the molecule is COc1ccc(C(CNC(=O)c2ccc(Cl)c(S(C)(=O)=O)c2)N(C)C)cc1. The highest BCUT2D eigenvalue weighted by Gasteiger charge is 2.18. The monoisotopic (exact) mass is 410 g/mol. The van der Waals surface area contributed by atoms with Crippen LogP contribution in [0.15, 0.2) is 47.4 Å². The second-order valence-corrected chi connectivity index (χ2v) is 8.77. The molecule has 0 spiro atoms. The molecule has 2 aromatic carbocycles. The Bertz CT molecular complexity index is 912. The highest BCUT2D eigenvalue weighted by Crippen LogP contribution is 2.23. The van der Waals surface area contributed by atoms with E-state index in [1.54, 1.807) is 7.11 Å². The number of carbonyl (C=O) groups excluding carboxylic acids is 1. The number of halogens is 1. The smallest absolute Gasteiger partial charge is 0.251 e. The number of hydrogen-bond acceptors (Lipinski definition) is 5. The topological polar surface area (TPSA) is 75.7 Å². The quantitative estimate of drug-likeness (QED) is 0.759. The molecule has 1 unspecified atom stereocenters. The summed E-state index contributed by atoms with van der Waals surface area (Å²) < 4.78 is 28.7. The highest BCUT2D eigenvalue weighted by atomic mass is 35.5. The summed E-state index contributed by atoms with van der Waals surface area (Å²) in [5.41, 5.74) is 1.26. The van der Waals surface area contributed by atoms with Gasteiger partial charge in [-0.1, -0.05) is 23.7 Å². The number of benzene rings is 2. The Kier molecular flexibility index (Phi) is 6.86. The minimum Gasteiger partial charge on any atom is -0.497 e. The zero-order chi connectivity index (χ0) is 20.2. The van der Waals surface area contributed by atoms with E-state index in [4.69, 9.17) is 16.3 Å². The van der Waals surface area contributed by atoms with Crippen molar-refractivity contribution in [2.45, 2.75) is 10.9 Å². The number of hydrogen-bond donors (Lipinski definition) is 1. The molecule has 0 aromatic heterocycles. The summed E-state index contributed by atoms with van der Waals surface area (Å²) in [5, 5.41) is 2.95. The number of rotatable bonds is 7. The molecule has 0 bridgehead atoms. The molecule has 1 amide bonds. The molecule has 0 radical (unpaired) electrons. The van der Waals surface area contributed by atoms with Crippen molar-refractivity contribution in [2.75, 3.05) is 34.0 Å². The lowest BCUT2D eigenvalue weighted by Gasteiger charge is -2.25. The van der Waals surface area contributed by atoms with Gasteiger partial charge in [0.05, 0.1) is 23.1 Å². The summed E-state index contributed by atoms with van der Waals surface area (Å²) in [6.07, 6.45) is 1.06. The standard InChI is InChI=1S/C19H23ClN2O4S/c1-22(2)17(13-5-8-15(26-3)9-6-13)12-21-19(23)14-7-10-16(20)18(11-14)27(4,24)25/h5-11,17H,12H2,1-4H3,(H,21,23). The van der Waals surface area contributed by atoms with Gasteiger partial charge >= 0.3 is 0 Å². The molecule has 0 fully saturated rings. The average Bonchev–Trinajstić information content (AvgIpc) is 2.61. The summed E-state index contributed by atoms with van der Waals surface area (Å²) in [4.78, 5) is 14.4. The molecule has 0 heterocycles. The van der Waals surface area contributed by atoms with Crippen molar-refractivity contribution in [1.29, 1.82) is 0 Å². The minimum atomic E-state index is -3.52. The summed E-state index contributed by atoms with van der Waals surface area (Å²) in [5.74, 6) is 0.395. The molecular weight excluding hydrogens is 388 g/mol. The van der Waals surface area contributed by atoms with Gasteiger partial charge in [0.15, 0.2) is 9.84 Å². The van der Waals surface area contributed by atoms with Crippen LogP contribution in [0.4, 0.5) is 0 Å². The largest absolute Gasteiger partial charge is 0.497 e. The van der Waals surface area contributed by atoms with Gasteiger partial charge < -0.3 is 15.0 Å². The van der Waals surface area contributed by atoms with Crippen LogP contribution in [-0.2, 0) is 9.84 Å². The maximum Gasteiger partial charge on any atom is 0.251 e. The van der Waals surface area contributed by atoms with Gasteiger partial charge in [-0.3, -0.25) is 4.79 Å². The molecule has 1 atom stereocenters. The maximum atomic E-state index is 12.5. The van der Waals surface area contributed by atoms with Gasteiger partial charge in [0.1, 0.15) is 5.75 Å². The van der Waals surface area contributed by atoms with Crippen molar-refractivity contribution in [3.63, 3.8) is 0 Å². The first-order chi connectivity index (χ1) is 12.6. The first-order valence-electron chi connectivity index (χ1n) is 8.21. The third kappa shape index (κ3) is 5.45. The zero-order valence-corrected chi connectivity index (χ0v) is 17.3. The molecule has 8 heteroatoms. The molecule has 2 aromatic rings. The van der Waals surface area contributed by atoms with E-state index in [2.05, 4.69) is 5.32 Å². The Morgan fingerprint density at radius 2 is 1.81 bits per heavy atom. The normalized spacial score (nSPS) is 12.7. The van der Waals surface area contributed by atoms with E-state index in [1.165, 1.54) is 18.2 Å². The Morgan fingerprint density at radius 3 is 2.33 bits per heavy atom. The van der Waals surface area contributed by atoms with E-state index in [0.29, 0.717) is 6.54 Å². The van der Waals surface area contributed by atoms with Crippen molar-refractivity contribution in [3.05, 3.63) is 58.6 Å². The van der Waals surface area contributed by atoms with Crippen LogP contribution in [0.25, 0.3) is 0 Å². The second-order valence-electron chi connectivity index (χ2n) is 6.38. The fourth-order valence-corrected chi connectivity index (χ4v) is 3.95. The van der Waals surface area contributed by atoms with Gasteiger partial charge in [-0.25, -0.2) is 8.42 Å². The summed E-state index contributed by atoms with van der Waals surface area (Å²) in [7, 11) is 1.93. The van der Waals surface area contributed by atoms with Crippen LogP contribution in [0, 0.1) is 0 Å². The third-order valence-corrected chi connectivity index (χ3v) is 5.75. The maximum absolute atomic E-state index is 12.5. The number of methoxy groups -OCH3 is 1. The number of carbonyl (C=O) groups is 1. The molecule has 27 heavy (non-hydrogen) atoms. The van der Waals surface area contributed by atoms with E-state index in [0.717, 1.165) is 17.6 Å². The van der Waals surface area contributed by atoms with Crippen LogP contribution in [-0.4, -0.2) is 53.2 Å². The van der Waals surface area contributed by atoms with Crippen LogP contribution in [0.1, 0.15) is 22.0 Å². The zero-order valence-electron chi connectivity index (χ0n) is 15.7. The molecule has 0 aliphatic rings. The number of amides is 1. The van der Waals surface area contributed by atoms with Crippen LogP contribution in [0.5, 0.6) is 5.75 Å². The lowest BCUT2D eigenvalue weighted by molar-refractivity contribution is 0.0941. The average molecular weight is 411 g/mol. The van der Waals surface area contributed by atoms with Crippen LogP contribution < -0.4 is 10.1 Å². The predicted molar refractivity (Wildman–Crippen MR) is 106 cm³/mol. The lowest BCUT2D eigenvalue weighted by atomic mass is 10.1. The molecule has 0 saturated carbocycles. The molecule has 0 aliphatic heterocycles. The molecule has 0 saturated heterocycles. The van der Waals surface area contributed by atoms with Crippen molar-refractivity contribution in [2.24, 2.45) is 0 Å². The van der Waals surface area contributed by atoms with E-state index in [-0.39, 0.29) is 27.4 Å². The minimum absolute atomic E-state index is 0.0541. The van der Waals surface area contributed by atoms with E-state index in [9.17, 15) is 13.2 Å². The van der Waals surface area contributed by atoms with Gasteiger partial charge in [-0.2, -0.15) is 0 Å². The van der Waals surface area contributed by atoms with E-state index in [1.807, 2.05) is 43.3 Å². The molecular formula is C19H23ClN2O4S. The number of nitrogens with one attached hydrogen (secondary N) is 1. The van der Waals surface area contributed by atoms with Crippen LogP contribution in [0.3, 0.4) is 0 Å². The molecule has 146 valence electrons. The van der Waals surface area contributed by atoms with Gasteiger partial charge in [-0.15, -0.1) is 0 Å². The fourth-order valence-electron chi connectivity index (χ4n) is 2.64. The fraction of sp³-hybridized carbons (Fsp3) is 0.316. The van der Waals surface area contributed by atoms with Gasteiger partial charge in [0, 0.05) is 18.4 Å². The predicted octanol–water partition coefficient (Wildman–Crippen LogP) is 2.78. The van der Waals surface area contributed by atoms with Gasteiger partial charge in [-0.05, 0) is 50.0 Å². The van der Waals surface area contributed by atoms with Crippen LogP contribution in [0.2, 0.25) is 5.02 Å². The Labute approximate surface area is 165 Å². The third-order valence-electron chi connectivity index (χ3n) is 4.17. The number of sulfone groups is 1. The Hall–Kier alpha value is -2.09. The second kappa shape index (κ2) is 8.73. The number of ether oxygens (including phenoxy) is 1. The molecule has 6 nitrogen and oxygen atoms in total. The first kappa shape index (κ1) is 21.2. The van der Waals surface area contributed by atoms with E-state index < -0.39 is 9.84 Å². The van der Waals surface area contributed by atoms with Crippen molar-refractivity contribution in [1.82, 2.24) is 10.2 Å². The van der Waals surface area contributed by atoms with E-state index >= 15 is 0 Å². The van der Waals surface area contributed by atoms with Gasteiger partial charge in [0.25, 0.3) is 5.91 Å². The van der Waals surface area contributed by atoms with Crippen molar-refractivity contribution >= 4 is 27.3 Å². The van der Waals surface area contributed by atoms with Crippen molar-refractivity contribution < 1.29 is 17.9 Å². The molecule has 2 rings (SSSR count). The summed E-state index contributed by atoms with van der Waals surface area (Å²) in [6, 6.07) is 11.8.